The lowest BCUT2D eigenvalue weighted by atomic mass is 10.2. The van der Waals surface area contributed by atoms with E-state index in [0.29, 0.717) is 18.5 Å². The SMILES string of the molecule is CCCc1cc(=O)[nH]c(Nc2nc(C)c3cc(OCC)ccc3n2)n1. The van der Waals surface area contributed by atoms with Crippen LogP contribution in [0.5, 0.6) is 5.75 Å². The summed E-state index contributed by atoms with van der Waals surface area (Å²) in [6.45, 7) is 6.51. The number of H-pyrrole nitrogens is 1. The number of hydrogen-bond acceptors (Lipinski definition) is 6. The Bertz CT molecular complexity index is 952. The number of aryl methyl sites for hydroxylation is 2. The molecule has 2 N–H and O–H groups in total. The Morgan fingerprint density at radius 1 is 1.16 bits per heavy atom. The van der Waals surface area contributed by atoms with Gasteiger partial charge in [-0.25, -0.2) is 15.0 Å². The van der Waals surface area contributed by atoms with Crippen molar-refractivity contribution in [3.05, 3.63) is 46.0 Å². The average molecular weight is 339 g/mol. The maximum Gasteiger partial charge on any atom is 0.252 e. The molecule has 0 aliphatic heterocycles. The molecule has 25 heavy (non-hydrogen) atoms. The summed E-state index contributed by atoms with van der Waals surface area (Å²) >= 11 is 0. The second kappa shape index (κ2) is 7.29. The second-order valence-electron chi connectivity index (χ2n) is 5.70. The van der Waals surface area contributed by atoms with Crippen LogP contribution in [0.2, 0.25) is 0 Å². The van der Waals surface area contributed by atoms with E-state index in [1.54, 1.807) is 0 Å². The van der Waals surface area contributed by atoms with Crippen LogP contribution >= 0.6 is 0 Å². The van der Waals surface area contributed by atoms with Crippen molar-refractivity contribution < 1.29 is 4.74 Å². The highest BCUT2D eigenvalue weighted by atomic mass is 16.5. The van der Waals surface area contributed by atoms with Gasteiger partial charge in [-0.2, -0.15) is 0 Å². The first-order valence-electron chi connectivity index (χ1n) is 8.37. The summed E-state index contributed by atoms with van der Waals surface area (Å²) in [6.07, 6.45) is 1.67. The van der Waals surface area contributed by atoms with Crippen molar-refractivity contribution in [2.24, 2.45) is 0 Å². The monoisotopic (exact) mass is 339 g/mol. The Labute approximate surface area is 145 Å². The minimum absolute atomic E-state index is 0.195. The van der Waals surface area contributed by atoms with Gasteiger partial charge in [0.05, 0.1) is 17.8 Å². The number of nitrogens with one attached hydrogen (secondary N) is 2. The molecule has 0 fully saturated rings. The van der Waals surface area contributed by atoms with E-state index in [0.717, 1.165) is 40.9 Å². The van der Waals surface area contributed by atoms with Gasteiger partial charge in [-0.1, -0.05) is 13.3 Å². The van der Waals surface area contributed by atoms with Crippen LogP contribution in [0.3, 0.4) is 0 Å². The third-order valence-corrected chi connectivity index (χ3v) is 3.70. The lowest BCUT2D eigenvalue weighted by Gasteiger charge is -2.09. The summed E-state index contributed by atoms with van der Waals surface area (Å²) in [5, 5.41) is 3.92. The van der Waals surface area contributed by atoms with E-state index in [-0.39, 0.29) is 5.56 Å². The minimum Gasteiger partial charge on any atom is -0.494 e. The zero-order chi connectivity index (χ0) is 17.8. The largest absolute Gasteiger partial charge is 0.494 e. The molecule has 3 rings (SSSR count). The predicted octanol–water partition coefficient (Wildman–Crippen LogP) is 3.12. The summed E-state index contributed by atoms with van der Waals surface area (Å²) in [6, 6.07) is 7.21. The van der Waals surface area contributed by atoms with Crippen LogP contribution in [0, 0.1) is 6.92 Å². The van der Waals surface area contributed by atoms with Gasteiger partial charge >= 0.3 is 0 Å². The van der Waals surface area contributed by atoms with Crippen molar-refractivity contribution in [1.82, 2.24) is 19.9 Å². The number of fused-ring (bicyclic) bond motifs is 1. The van der Waals surface area contributed by atoms with Crippen molar-refractivity contribution in [1.29, 1.82) is 0 Å². The number of benzene rings is 1. The van der Waals surface area contributed by atoms with Gasteiger partial charge < -0.3 is 4.74 Å². The van der Waals surface area contributed by atoms with E-state index in [1.807, 2.05) is 39.0 Å². The number of anilines is 2. The molecule has 7 nitrogen and oxygen atoms in total. The summed E-state index contributed by atoms with van der Waals surface area (Å²) in [7, 11) is 0. The molecule has 2 heterocycles. The van der Waals surface area contributed by atoms with E-state index in [2.05, 4.69) is 25.3 Å². The smallest absolute Gasteiger partial charge is 0.252 e. The number of ether oxygens (including phenoxy) is 1. The zero-order valence-corrected chi connectivity index (χ0v) is 14.6. The molecular formula is C18H21N5O2. The van der Waals surface area contributed by atoms with Crippen LogP contribution < -0.4 is 15.6 Å². The molecule has 0 bridgehead atoms. The third kappa shape index (κ3) is 3.93. The molecule has 0 aliphatic carbocycles. The van der Waals surface area contributed by atoms with Crippen molar-refractivity contribution in [3.8, 4) is 5.75 Å². The molecule has 3 aromatic rings. The summed E-state index contributed by atoms with van der Waals surface area (Å²) in [5.74, 6) is 1.53. The molecular weight excluding hydrogens is 318 g/mol. The maximum atomic E-state index is 11.8. The van der Waals surface area contributed by atoms with Crippen molar-refractivity contribution >= 4 is 22.8 Å². The van der Waals surface area contributed by atoms with Gasteiger partial charge in [-0.15, -0.1) is 0 Å². The Hall–Kier alpha value is -2.96. The molecule has 0 amide bonds. The van der Waals surface area contributed by atoms with Gasteiger partial charge in [0, 0.05) is 17.1 Å². The van der Waals surface area contributed by atoms with Crippen molar-refractivity contribution in [2.75, 3.05) is 11.9 Å². The van der Waals surface area contributed by atoms with E-state index >= 15 is 0 Å². The highest BCUT2D eigenvalue weighted by Gasteiger charge is 2.08. The first-order chi connectivity index (χ1) is 12.1. The first-order valence-corrected chi connectivity index (χ1v) is 8.37. The molecule has 1 aromatic carbocycles. The number of rotatable bonds is 6. The van der Waals surface area contributed by atoms with Gasteiger partial charge in [0.1, 0.15) is 5.75 Å². The minimum atomic E-state index is -0.195. The normalized spacial score (nSPS) is 10.8. The maximum absolute atomic E-state index is 11.8. The predicted molar refractivity (Wildman–Crippen MR) is 97.6 cm³/mol. The lowest BCUT2D eigenvalue weighted by molar-refractivity contribution is 0.340. The fraction of sp³-hybridized carbons (Fsp3) is 0.333. The molecule has 0 saturated carbocycles. The van der Waals surface area contributed by atoms with Crippen molar-refractivity contribution in [2.45, 2.75) is 33.6 Å². The van der Waals surface area contributed by atoms with E-state index in [9.17, 15) is 4.79 Å². The molecule has 0 aliphatic rings. The molecule has 130 valence electrons. The average Bonchev–Trinajstić information content (AvgIpc) is 2.55. The molecule has 0 spiro atoms. The molecule has 2 aromatic heterocycles. The fourth-order valence-corrected chi connectivity index (χ4v) is 2.63. The van der Waals surface area contributed by atoms with Crippen LogP contribution in [0.15, 0.2) is 29.1 Å². The van der Waals surface area contributed by atoms with E-state index in [4.69, 9.17) is 4.74 Å². The van der Waals surface area contributed by atoms with Crippen LogP contribution in [-0.2, 0) is 6.42 Å². The topological polar surface area (TPSA) is 92.8 Å². The van der Waals surface area contributed by atoms with Gasteiger partial charge in [-0.05, 0) is 38.5 Å². The Balaban J connectivity index is 1.94. The van der Waals surface area contributed by atoms with Crippen LogP contribution in [-0.4, -0.2) is 26.5 Å². The van der Waals surface area contributed by atoms with Crippen molar-refractivity contribution in [3.63, 3.8) is 0 Å². The lowest BCUT2D eigenvalue weighted by Crippen LogP contribution is -2.13. The number of aromatic nitrogens is 4. The summed E-state index contributed by atoms with van der Waals surface area (Å²) < 4.78 is 5.52. The highest BCUT2D eigenvalue weighted by Crippen LogP contribution is 2.23. The standard InChI is InChI=1S/C18H21N5O2/c1-4-6-12-9-16(24)22-18(20-12)23-17-19-11(3)14-10-13(25-5-2)7-8-15(14)21-17/h7-10H,4-6H2,1-3H3,(H2,19,20,21,22,23,24). The second-order valence-corrected chi connectivity index (χ2v) is 5.70. The van der Waals surface area contributed by atoms with E-state index in [1.165, 1.54) is 6.07 Å². The first kappa shape index (κ1) is 16.9. The summed E-state index contributed by atoms with van der Waals surface area (Å²) in [4.78, 5) is 27.8. The molecule has 7 heteroatoms. The van der Waals surface area contributed by atoms with Gasteiger partial charge in [-0.3, -0.25) is 15.1 Å². The Kier molecular flexibility index (Phi) is 4.92. The van der Waals surface area contributed by atoms with Crippen LogP contribution in [0.25, 0.3) is 10.9 Å². The Morgan fingerprint density at radius 2 is 2.00 bits per heavy atom. The van der Waals surface area contributed by atoms with Crippen LogP contribution in [0.1, 0.15) is 31.7 Å². The van der Waals surface area contributed by atoms with E-state index < -0.39 is 0 Å². The highest BCUT2D eigenvalue weighted by molar-refractivity contribution is 5.83. The molecule has 0 saturated heterocycles. The Morgan fingerprint density at radius 3 is 2.76 bits per heavy atom. The van der Waals surface area contributed by atoms with Gasteiger partial charge in [0.25, 0.3) is 5.56 Å². The van der Waals surface area contributed by atoms with Gasteiger partial charge in [0.15, 0.2) is 0 Å². The number of nitrogens with zero attached hydrogens (tertiary/aromatic N) is 3. The fourth-order valence-electron chi connectivity index (χ4n) is 2.63. The molecule has 0 unspecified atom stereocenters. The molecule has 0 atom stereocenters. The summed E-state index contributed by atoms with van der Waals surface area (Å²) in [5.41, 5.74) is 2.17. The third-order valence-electron chi connectivity index (χ3n) is 3.70. The zero-order valence-electron chi connectivity index (χ0n) is 14.6. The van der Waals surface area contributed by atoms with Gasteiger partial charge in [0.2, 0.25) is 11.9 Å². The quantitative estimate of drug-likeness (QED) is 0.717. The number of aromatic amines is 1. The molecule has 0 radical (unpaired) electrons. The number of hydrogen-bond donors (Lipinski definition) is 2. The van der Waals surface area contributed by atoms with Crippen LogP contribution in [0.4, 0.5) is 11.9 Å².